The summed E-state index contributed by atoms with van der Waals surface area (Å²) < 4.78 is 0. The molecule has 0 aromatic carbocycles. The largest absolute Gasteiger partial charge is 0.302 e. The van der Waals surface area contributed by atoms with Crippen molar-refractivity contribution in [2.75, 3.05) is 19.6 Å². The van der Waals surface area contributed by atoms with Crippen LogP contribution < -0.4 is 0 Å². The van der Waals surface area contributed by atoms with E-state index in [1.807, 2.05) is 0 Å². The van der Waals surface area contributed by atoms with Gasteiger partial charge in [-0.15, -0.1) is 0 Å². The molecule has 1 atom stereocenters. The lowest BCUT2D eigenvalue weighted by Gasteiger charge is -2.35. The van der Waals surface area contributed by atoms with Gasteiger partial charge < -0.3 is 4.90 Å². The molecule has 2 rings (SSSR count). The molecule has 4 nitrogen and oxygen atoms in total. The molecule has 82 valence electrons. The summed E-state index contributed by atoms with van der Waals surface area (Å²) in [5.74, 6) is -0.300. The van der Waals surface area contributed by atoms with E-state index in [2.05, 4.69) is 11.8 Å². The number of hydrogen-bond acceptors (Lipinski definition) is 3. The van der Waals surface area contributed by atoms with Crippen LogP contribution in [-0.2, 0) is 9.59 Å². The number of likely N-dealkylation sites (tertiary alicyclic amines) is 1. The zero-order chi connectivity index (χ0) is 10.8. The quantitative estimate of drug-likeness (QED) is 0.617. The number of rotatable bonds is 2. The normalized spacial score (nSPS) is 27.8. The molecule has 1 saturated heterocycles. The van der Waals surface area contributed by atoms with Crippen LogP contribution >= 0.6 is 0 Å². The van der Waals surface area contributed by atoms with Gasteiger partial charge in [0, 0.05) is 18.7 Å². The number of carbonyl (C=O) groups excluding carboxylic acids is 2. The lowest BCUT2D eigenvalue weighted by Crippen LogP contribution is -2.50. The van der Waals surface area contributed by atoms with Gasteiger partial charge in [-0.25, -0.2) is 0 Å². The molecule has 0 bridgehead atoms. The molecule has 1 unspecified atom stereocenters. The zero-order valence-electron chi connectivity index (χ0n) is 8.98. The van der Waals surface area contributed by atoms with E-state index in [0.29, 0.717) is 0 Å². The molecule has 0 aromatic rings. The van der Waals surface area contributed by atoms with Crippen molar-refractivity contribution in [3.05, 3.63) is 12.2 Å². The van der Waals surface area contributed by atoms with Gasteiger partial charge in [0.25, 0.3) is 11.8 Å². The minimum absolute atomic E-state index is 0.0775. The van der Waals surface area contributed by atoms with E-state index >= 15 is 0 Å². The van der Waals surface area contributed by atoms with Crippen molar-refractivity contribution in [1.29, 1.82) is 0 Å². The van der Waals surface area contributed by atoms with Crippen molar-refractivity contribution >= 4 is 11.8 Å². The van der Waals surface area contributed by atoms with E-state index in [1.54, 1.807) is 0 Å². The Bertz CT molecular complexity index is 294. The highest BCUT2D eigenvalue weighted by Crippen LogP contribution is 2.19. The minimum Gasteiger partial charge on any atom is -0.302 e. The van der Waals surface area contributed by atoms with Crippen LogP contribution in [0.1, 0.15) is 19.8 Å². The maximum Gasteiger partial charge on any atom is 0.253 e. The summed E-state index contributed by atoms with van der Waals surface area (Å²) in [5, 5.41) is 0. The molecule has 0 saturated carbocycles. The smallest absolute Gasteiger partial charge is 0.253 e. The lowest BCUT2D eigenvalue weighted by atomic mass is 10.0. The van der Waals surface area contributed by atoms with Crippen LogP contribution in [0.4, 0.5) is 0 Å². The summed E-state index contributed by atoms with van der Waals surface area (Å²) in [5.41, 5.74) is 0. The van der Waals surface area contributed by atoms with E-state index in [-0.39, 0.29) is 17.9 Å². The maximum absolute atomic E-state index is 11.5. The average molecular weight is 208 g/mol. The second-order valence-corrected chi connectivity index (χ2v) is 4.07. The number of hydrogen-bond donors (Lipinski definition) is 0. The van der Waals surface area contributed by atoms with E-state index in [4.69, 9.17) is 0 Å². The predicted molar refractivity (Wildman–Crippen MR) is 56.1 cm³/mol. The molecule has 15 heavy (non-hydrogen) atoms. The van der Waals surface area contributed by atoms with Crippen molar-refractivity contribution in [2.45, 2.75) is 25.8 Å². The first kappa shape index (κ1) is 10.4. The topological polar surface area (TPSA) is 40.6 Å². The van der Waals surface area contributed by atoms with Crippen LogP contribution in [0.3, 0.4) is 0 Å². The standard InChI is InChI=1S/C11H16N2O2/c1-2-12-7-3-4-9(8-12)13-10(14)5-6-11(13)15/h5-6,9H,2-4,7-8H2,1H3. The average Bonchev–Trinajstić information content (AvgIpc) is 2.59. The van der Waals surface area contributed by atoms with Gasteiger partial charge in [-0.1, -0.05) is 6.92 Å². The Morgan fingerprint density at radius 3 is 2.60 bits per heavy atom. The molecule has 2 heterocycles. The zero-order valence-corrected chi connectivity index (χ0v) is 8.98. The van der Waals surface area contributed by atoms with Gasteiger partial charge in [-0.2, -0.15) is 0 Å². The van der Waals surface area contributed by atoms with E-state index < -0.39 is 0 Å². The summed E-state index contributed by atoms with van der Waals surface area (Å²) in [6.07, 6.45) is 4.74. The van der Waals surface area contributed by atoms with E-state index in [0.717, 1.165) is 32.5 Å². The maximum atomic E-state index is 11.5. The Morgan fingerprint density at radius 1 is 1.33 bits per heavy atom. The predicted octanol–water partition coefficient (Wildman–Crippen LogP) is 0.396. The summed E-state index contributed by atoms with van der Waals surface area (Å²) in [6, 6.07) is 0.0775. The Balaban J connectivity index is 2.04. The van der Waals surface area contributed by atoms with E-state index in [1.165, 1.54) is 17.1 Å². The number of nitrogens with zero attached hydrogens (tertiary/aromatic N) is 2. The molecule has 4 heteroatoms. The number of imide groups is 1. The molecule has 0 N–H and O–H groups in total. The first-order valence-corrected chi connectivity index (χ1v) is 5.50. The fourth-order valence-electron chi connectivity index (χ4n) is 2.30. The first-order valence-electron chi connectivity index (χ1n) is 5.50. The number of carbonyl (C=O) groups is 2. The van der Waals surface area contributed by atoms with Gasteiger partial charge in [0.2, 0.25) is 0 Å². The number of piperidine rings is 1. The molecular formula is C11H16N2O2. The monoisotopic (exact) mass is 208 g/mol. The summed E-state index contributed by atoms with van der Waals surface area (Å²) in [4.78, 5) is 26.6. The van der Waals surface area contributed by atoms with Crippen molar-refractivity contribution < 1.29 is 9.59 Å². The third-order valence-electron chi connectivity index (χ3n) is 3.14. The van der Waals surface area contributed by atoms with Crippen molar-refractivity contribution in [3.8, 4) is 0 Å². The van der Waals surface area contributed by atoms with Crippen LogP contribution in [0, 0.1) is 0 Å². The van der Waals surface area contributed by atoms with Crippen LogP contribution in [0.2, 0.25) is 0 Å². The Labute approximate surface area is 89.5 Å². The van der Waals surface area contributed by atoms with Gasteiger partial charge in [-0.3, -0.25) is 14.5 Å². The molecule has 2 aliphatic rings. The fraction of sp³-hybridized carbons (Fsp3) is 0.636. The summed E-state index contributed by atoms with van der Waals surface area (Å²) in [6.45, 7) is 5.00. The summed E-state index contributed by atoms with van der Waals surface area (Å²) in [7, 11) is 0. The van der Waals surface area contributed by atoms with Gasteiger partial charge in [-0.05, 0) is 25.9 Å². The highest BCUT2D eigenvalue weighted by molar-refractivity contribution is 6.13. The van der Waals surface area contributed by atoms with E-state index in [9.17, 15) is 9.59 Å². The first-order chi connectivity index (χ1) is 7.22. The van der Waals surface area contributed by atoms with Gasteiger partial charge in [0.05, 0.1) is 6.04 Å². The third kappa shape index (κ3) is 1.95. The highest BCUT2D eigenvalue weighted by Gasteiger charge is 2.33. The Kier molecular flexibility index (Phi) is 2.86. The second-order valence-electron chi connectivity index (χ2n) is 4.07. The SMILES string of the molecule is CCN1CCCC(N2C(=O)C=CC2=O)C1. The lowest BCUT2D eigenvalue weighted by molar-refractivity contribution is -0.140. The van der Waals surface area contributed by atoms with Crippen molar-refractivity contribution in [2.24, 2.45) is 0 Å². The van der Waals surface area contributed by atoms with Gasteiger partial charge in [0.1, 0.15) is 0 Å². The van der Waals surface area contributed by atoms with Gasteiger partial charge in [0.15, 0.2) is 0 Å². The second kappa shape index (κ2) is 4.14. The molecule has 1 fully saturated rings. The fourth-order valence-corrected chi connectivity index (χ4v) is 2.30. The van der Waals surface area contributed by atoms with Crippen LogP contribution in [-0.4, -0.2) is 47.3 Å². The summed E-state index contributed by atoms with van der Waals surface area (Å²) >= 11 is 0. The molecule has 0 aliphatic carbocycles. The molecule has 0 radical (unpaired) electrons. The van der Waals surface area contributed by atoms with Gasteiger partial charge >= 0.3 is 0 Å². The highest BCUT2D eigenvalue weighted by atomic mass is 16.2. The van der Waals surface area contributed by atoms with Crippen molar-refractivity contribution in [1.82, 2.24) is 9.80 Å². The molecule has 0 aromatic heterocycles. The molecule has 0 spiro atoms. The van der Waals surface area contributed by atoms with Crippen LogP contribution in [0.25, 0.3) is 0 Å². The molecule has 2 aliphatic heterocycles. The van der Waals surface area contributed by atoms with Crippen molar-refractivity contribution in [3.63, 3.8) is 0 Å². The number of amides is 2. The Hall–Kier alpha value is -1.16. The minimum atomic E-state index is -0.150. The molecular weight excluding hydrogens is 192 g/mol. The third-order valence-corrected chi connectivity index (χ3v) is 3.14. The number of likely N-dealkylation sites (N-methyl/N-ethyl adjacent to an activating group) is 1. The van der Waals surface area contributed by atoms with Crippen LogP contribution in [0.5, 0.6) is 0 Å². The Morgan fingerprint density at radius 2 is 2.00 bits per heavy atom. The molecule has 2 amide bonds. The van der Waals surface area contributed by atoms with Crippen LogP contribution in [0.15, 0.2) is 12.2 Å².